The first-order valence-corrected chi connectivity index (χ1v) is 6.58. The van der Waals surface area contributed by atoms with E-state index >= 15 is 0 Å². The number of carbonyl (C=O) groups is 2. The fraction of sp³-hybridized carbons (Fsp3) is 0.133. The van der Waals surface area contributed by atoms with Crippen LogP contribution in [0.5, 0.6) is 0 Å². The van der Waals surface area contributed by atoms with Gasteiger partial charge >= 0.3 is 5.97 Å². The highest BCUT2D eigenvalue weighted by Gasteiger charge is 2.26. The molecule has 2 aromatic rings. The monoisotopic (exact) mass is 314 g/mol. The van der Waals surface area contributed by atoms with Crippen LogP contribution >= 0.6 is 0 Å². The van der Waals surface area contributed by atoms with Crippen LogP contribution in [0.4, 0.5) is 10.1 Å². The molecular formula is C15H11FN4O3. The van der Waals surface area contributed by atoms with Crippen molar-refractivity contribution in [1.29, 1.82) is 5.26 Å². The first-order valence-electron chi connectivity index (χ1n) is 6.58. The molecule has 8 heteroatoms. The molecular weight excluding hydrogens is 303 g/mol. The average Bonchev–Trinajstić information content (AvgIpc) is 3.07. The van der Waals surface area contributed by atoms with Crippen molar-refractivity contribution in [3.05, 3.63) is 46.5 Å². The second kappa shape index (κ2) is 5.14. The van der Waals surface area contributed by atoms with Gasteiger partial charge in [0.1, 0.15) is 11.9 Å². The Morgan fingerprint density at radius 2 is 2.26 bits per heavy atom. The number of hydrogen-bond acceptors (Lipinski definition) is 5. The molecule has 23 heavy (non-hydrogen) atoms. The van der Waals surface area contributed by atoms with Crippen LogP contribution in [0.25, 0.3) is 5.69 Å². The van der Waals surface area contributed by atoms with Gasteiger partial charge < -0.3 is 20.4 Å². The van der Waals surface area contributed by atoms with E-state index in [4.69, 9.17) is 11.0 Å². The van der Waals surface area contributed by atoms with Gasteiger partial charge in [-0.3, -0.25) is 4.79 Å². The number of nitriles is 1. The van der Waals surface area contributed by atoms with Gasteiger partial charge in [-0.05, 0) is 12.1 Å². The first kappa shape index (κ1) is 14.6. The Bertz CT molecular complexity index is 895. The van der Waals surface area contributed by atoms with E-state index in [0.29, 0.717) is 0 Å². The molecule has 0 atom stereocenters. The molecule has 0 spiro atoms. The highest BCUT2D eigenvalue weighted by atomic mass is 19.1. The van der Waals surface area contributed by atoms with Crippen molar-refractivity contribution in [3.8, 4) is 11.8 Å². The van der Waals surface area contributed by atoms with E-state index in [2.05, 4.69) is 10.1 Å². The molecule has 0 aliphatic carbocycles. The number of anilines is 1. The molecule has 3 rings (SSSR count). The summed E-state index contributed by atoms with van der Waals surface area (Å²) in [5, 5.41) is 11.6. The van der Waals surface area contributed by atoms with Crippen molar-refractivity contribution in [2.75, 3.05) is 12.8 Å². The third-order valence-electron chi connectivity index (χ3n) is 3.67. The van der Waals surface area contributed by atoms with Gasteiger partial charge in [0.05, 0.1) is 18.4 Å². The van der Waals surface area contributed by atoms with Crippen molar-refractivity contribution in [2.45, 2.75) is 6.54 Å². The molecule has 1 aliphatic rings. The van der Waals surface area contributed by atoms with E-state index in [1.807, 2.05) is 6.07 Å². The molecule has 1 aliphatic heterocycles. The van der Waals surface area contributed by atoms with E-state index in [0.717, 1.165) is 0 Å². The summed E-state index contributed by atoms with van der Waals surface area (Å²) in [6.07, 6.45) is 1.30. The molecule has 2 heterocycles. The molecule has 0 fully saturated rings. The number of ether oxygens (including phenoxy) is 1. The van der Waals surface area contributed by atoms with Crippen LogP contribution in [0.15, 0.2) is 18.3 Å². The maximum absolute atomic E-state index is 14.2. The number of rotatable bonds is 2. The normalized spacial score (nSPS) is 12.5. The zero-order valence-electron chi connectivity index (χ0n) is 12.0. The number of benzene rings is 1. The van der Waals surface area contributed by atoms with Crippen LogP contribution in [-0.2, 0) is 11.3 Å². The molecule has 7 nitrogen and oxygen atoms in total. The Hall–Kier alpha value is -3.34. The summed E-state index contributed by atoms with van der Waals surface area (Å²) < 4.78 is 20.1. The molecule has 0 saturated carbocycles. The van der Waals surface area contributed by atoms with Crippen molar-refractivity contribution in [3.63, 3.8) is 0 Å². The number of methoxy groups -OCH3 is 1. The third-order valence-corrected chi connectivity index (χ3v) is 3.67. The molecule has 0 saturated heterocycles. The van der Waals surface area contributed by atoms with Gasteiger partial charge in [-0.25, -0.2) is 9.18 Å². The van der Waals surface area contributed by atoms with Crippen LogP contribution in [0, 0.1) is 17.1 Å². The van der Waals surface area contributed by atoms with Gasteiger partial charge in [0.25, 0.3) is 5.91 Å². The minimum Gasteiger partial charge on any atom is -0.464 e. The standard InChI is InChI=1S/C15H11FN4O3/c1-23-15(22)13-12(18)7(4-17)6-20(13)8-2-9-10(11(16)3-8)5-19-14(9)21/h2-3,6H,5,18H2,1H3,(H,19,21). The van der Waals surface area contributed by atoms with Crippen LogP contribution in [-0.4, -0.2) is 23.6 Å². The molecule has 1 aromatic carbocycles. The number of nitrogen functional groups attached to an aromatic ring is 1. The first-order chi connectivity index (χ1) is 11.0. The van der Waals surface area contributed by atoms with E-state index < -0.39 is 17.7 Å². The average molecular weight is 314 g/mol. The number of hydrogen-bond donors (Lipinski definition) is 2. The maximum Gasteiger partial charge on any atom is 0.357 e. The Labute approximate surface area is 130 Å². The van der Waals surface area contributed by atoms with Crippen molar-refractivity contribution < 1.29 is 18.7 Å². The summed E-state index contributed by atoms with van der Waals surface area (Å²) in [7, 11) is 1.17. The van der Waals surface area contributed by atoms with E-state index in [-0.39, 0.29) is 40.3 Å². The highest BCUT2D eigenvalue weighted by Crippen LogP contribution is 2.28. The number of aromatic nitrogens is 1. The summed E-state index contributed by atoms with van der Waals surface area (Å²) in [6.45, 7) is 0.113. The van der Waals surface area contributed by atoms with Gasteiger partial charge in [0, 0.05) is 29.6 Å². The summed E-state index contributed by atoms with van der Waals surface area (Å²) in [4.78, 5) is 23.7. The molecule has 0 radical (unpaired) electrons. The summed E-state index contributed by atoms with van der Waals surface area (Å²) in [5.74, 6) is -1.76. The third kappa shape index (κ3) is 2.10. The minimum atomic E-state index is -0.769. The lowest BCUT2D eigenvalue weighted by Gasteiger charge is -2.10. The molecule has 1 aromatic heterocycles. The number of carbonyl (C=O) groups excluding carboxylic acids is 2. The summed E-state index contributed by atoms with van der Waals surface area (Å²) in [6, 6.07) is 4.46. The number of nitrogens with two attached hydrogens (primary N) is 1. The lowest BCUT2D eigenvalue weighted by molar-refractivity contribution is 0.0593. The van der Waals surface area contributed by atoms with E-state index in [9.17, 15) is 14.0 Å². The molecule has 116 valence electrons. The fourth-order valence-electron chi connectivity index (χ4n) is 2.53. The van der Waals surface area contributed by atoms with E-state index in [1.165, 1.54) is 30.0 Å². The quantitative estimate of drug-likeness (QED) is 0.807. The topological polar surface area (TPSA) is 110 Å². The van der Waals surface area contributed by atoms with Crippen molar-refractivity contribution in [2.24, 2.45) is 0 Å². The number of esters is 1. The van der Waals surface area contributed by atoms with Gasteiger partial charge in [0.2, 0.25) is 0 Å². The Morgan fingerprint density at radius 3 is 2.91 bits per heavy atom. The van der Waals surface area contributed by atoms with Crippen molar-refractivity contribution in [1.82, 2.24) is 9.88 Å². The van der Waals surface area contributed by atoms with Crippen LogP contribution in [0.1, 0.15) is 32.0 Å². The zero-order chi connectivity index (χ0) is 16.7. The van der Waals surface area contributed by atoms with Crippen LogP contribution in [0.2, 0.25) is 0 Å². The molecule has 0 bridgehead atoms. The Morgan fingerprint density at radius 1 is 1.52 bits per heavy atom. The van der Waals surface area contributed by atoms with E-state index in [1.54, 1.807) is 0 Å². The highest BCUT2D eigenvalue weighted by molar-refractivity contribution is 5.99. The Balaban J connectivity index is 2.26. The second-order valence-corrected chi connectivity index (χ2v) is 4.91. The predicted octanol–water partition coefficient (Wildman–Crippen LogP) is 1.10. The lowest BCUT2D eigenvalue weighted by Crippen LogP contribution is -2.13. The maximum atomic E-state index is 14.2. The number of halogens is 1. The number of nitrogens with one attached hydrogen (secondary N) is 1. The van der Waals surface area contributed by atoms with Gasteiger partial charge in [0.15, 0.2) is 5.69 Å². The SMILES string of the molecule is COC(=O)c1c(N)c(C#N)cn1-c1cc(F)c2c(c1)C(=O)NC2. The van der Waals surface area contributed by atoms with Gasteiger partial charge in [-0.2, -0.15) is 5.26 Å². The van der Waals surface area contributed by atoms with Crippen LogP contribution < -0.4 is 11.1 Å². The molecule has 0 unspecified atom stereocenters. The number of nitrogens with zero attached hydrogens (tertiary/aromatic N) is 2. The predicted molar refractivity (Wildman–Crippen MR) is 77.4 cm³/mol. The largest absolute Gasteiger partial charge is 0.464 e. The number of fused-ring (bicyclic) bond motifs is 1. The zero-order valence-corrected chi connectivity index (χ0v) is 12.0. The summed E-state index contributed by atoms with van der Waals surface area (Å²) >= 11 is 0. The molecule has 3 N–H and O–H groups in total. The Kier molecular flexibility index (Phi) is 3.26. The van der Waals surface area contributed by atoms with Gasteiger partial charge in [-0.15, -0.1) is 0 Å². The lowest BCUT2D eigenvalue weighted by atomic mass is 10.1. The second-order valence-electron chi connectivity index (χ2n) is 4.91. The molecule has 1 amide bonds. The summed E-state index contributed by atoms with van der Waals surface area (Å²) in [5.41, 5.74) is 6.33. The van der Waals surface area contributed by atoms with Crippen LogP contribution in [0.3, 0.4) is 0 Å². The smallest absolute Gasteiger partial charge is 0.357 e. The number of amides is 1. The van der Waals surface area contributed by atoms with Gasteiger partial charge in [-0.1, -0.05) is 0 Å². The minimum absolute atomic E-state index is 0.0516. The van der Waals surface area contributed by atoms with Crippen molar-refractivity contribution >= 4 is 17.6 Å². The fourth-order valence-corrected chi connectivity index (χ4v) is 2.53.